The van der Waals surface area contributed by atoms with E-state index in [2.05, 4.69) is 5.32 Å². The first-order chi connectivity index (χ1) is 7.14. The molecular formula is C10H17NO4. The molecule has 1 amide bonds. The van der Waals surface area contributed by atoms with Crippen molar-refractivity contribution in [2.24, 2.45) is 5.41 Å². The van der Waals surface area contributed by atoms with Gasteiger partial charge in [0.25, 0.3) is 0 Å². The Morgan fingerprint density at radius 3 is 2.80 bits per heavy atom. The van der Waals surface area contributed by atoms with Gasteiger partial charge < -0.3 is 14.8 Å². The van der Waals surface area contributed by atoms with Crippen LogP contribution in [-0.4, -0.2) is 39.2 Å². The zero-order valence-corrected chi connectivity index (χ0v) is 9.17. The zero-order valence-electron chi connectivity index (χ0n) is 9.17. The topological polar surface area (TPSA) is 64.6 Å². The molecule has 1 N–H and O–H groups in total. The quantitative estimate of drug-likeness (QED) is 0.675. The molecule has 1 heterocycles. The Morgan fingerprint density at radius 1 is 1.53 bits per heavy atom. The molecule has 1 saturated heterocycles. The highest BCUT2D eigenvalue weighted by Crippen LogP contribution is 2.34. The highest BCUT2D eigenvalue weighted by molar-refractivity contribution is 5.87. The molecule has 86 valence electrons. The molecule has 0 bridgehead atoms. The molecule has 1 fully saturated rings. The lowest BCUT2D eigenvalue weighted by Gasteiger charge is -2.33. The molecule has 1 aliphatic rings. The maximum Gasteiger partial charge on any atom is 0.312 e. The predicted octanol–water partition coefficient (Wildman–Crippen LogP) is 0.0923. The molecule has 15 heavy (non-hydrogen) atoms. The monoisotopic (exact) mass is 215 g/mol. The fourth-order valence-corrected chi connectivity index (χ4v) is 1.90. The van der Waals surface area contributed by atoms with Crippen molar-refractivity contribution in [1.82, 2.24) is 5.32 Å². The fourth-order valence-electron chi connectivity index (χ4n) is 1.90. The van der Waals surface area contributed by atoms with E-state index in [1.807, 2.05) is 0 Å². The van der Waals surface area contributed by atoms with Gasteiger partial charge in [0.1, 0.15) is 0 Å². The molecule has 0 spiro atoms. The molecular weight excluding hydrogens is 198 g/mol. The van der Waals surface area contributed by atoms with Crippen LogP contribution in [0.5, 0.6) is 0 Å². The van der Waals surface area contributed by atoms with Crippen molar-refractivity contribution < 1.29 is 19.1 Å². The first-order valence-corrected chi connectivity index (χ1v) is 4.99. The molecule has 0 radical (unpaired) electrons. The van der Waals surface area contributed by atoms with E-state index in [4.69, 9.17) is 9.47 Å². The summed E-state index contributed by atoms with van der Waals surface area (Å²) in [5.41, 5.74) is -0.687. The molecule has 1 atom stereocenters. The Bertz CT molecular complexity index is 254. The number of ether oxygens (including phenoxy) is 2. The lowest BCUT2D eigenvalue weighted by atomic mass is 9.76. The molecule has 0 aromatic heterocycles. The van der Waals surface area contributed by atoms with Crippen LogP contribution in [0.4, 0.5) is 0 Å². The van der Waals surface area contributed by atoms with Crippen LogP contribution in [0.3, 0.4) is 0 Å². The first-order valence-electron chi connectivity index (χ1n) is 4.99. The van der Waals surface area contributed by atoms with Crippen molar-refractivity contribution in [3.8, 4) is 0 Å². The van der Waals surface area contributed by atoms with Crippen LogP contribution in [0.2, 0.25) is 0 Å². The molecule has 1 aliphatic heterocycles. The number of amides is 1. The minimum atomic E-state index is -0.687. The third-order valence-corrected chi connectivity index (χ3v) is 2.83. The number of hydrogen-bond acceptors (Lipinski definition) is 4. The zero-order chi connectivity index (χ0) is 11.3. The Kier molecular flexibility index (Phi) is 4.08. The van der Waals surface area contributed by atoms with Gasteiger partial charge in [0.05, 0.1) is 12.5 Å². The van der Waals surface area contributed by atoms with Crippen molar-refractivity contribution in [3.05, 3.63) is 0 Å². The summed E-state index contributed by atoms with van der Waals surface area (Å²) in [6.07, 6.45) is 1.35. The van der Waals surface area contributed by atoms with Gasteiger partial charge in [-0.25, -0.2) is 0 Å². The fraction of sp³-hybridized carbons (Fsp3) is 0.800. The number of piperidine rings is 1. The van der Waals surface area contributed by atoms with Gasteiger partial charge in [-0.3, -0.25) is 9.59 Å². The average Bonchev–Trinajstić information content (AvgIpc) is 2.25. The van der Waals surface area contributed by atoms with Gasteiger partial charge in [-0.2, -0.15) is 0 Å². The summed E-state index contributed by atoms with van der Waals surface area (Å²) in [5, 5.41) is 2.70. The van der Waals surface area contributed by atoms with Crippen molar-refractivity contribution in [2.45, 2.75) is 19.3 Å². The molecule has 0 aromatic carbocycles. The first kappa shape index (κ1) is 12.0. The second kappa shape index (κ2) is 5.11. The Morgan fingerprint density at radius 2 is 2.27 bits per heavy atom. The van der Waals surface area contributed by atoms with E-state index >= 15 is 0 Å². The third-order valence-electron chi connectivity index (χ3n) is 2.83. The molecule has 0 saturated carbocycles. The summed E-state index contributed by atoms with van der Waals surface area (Å²) >= 11 is 0. The van der Waals surface area contributed by atoms with E-state index < -0.39 is 5.41 Å². The van der Waals surface area contributed by atoms with E-state index in [1.54, 1.807) is 7.11 Å². The number of esters is 1. The summed E-state index contributed by atoms with van der Waals surface area (Å²) in [4.78, 5) is 23.0. The molecule has 0 aromatic rings. The van der Waals surface area contributed by atoms with E-state index in [9.17, 15) is 9.59 Å². The minimum absolute atomic E-state index is 0.0947. The third kappa shape index (κ3) is 2.68. The lowest BCUT2D eigenvalue weighted by molar-refractivity contribution is -0.158. The molecule has 1 rings (SSSR count). The van der Waals surface area contributed by atoms with Crippen LogP contribution < -0.4 is 5.32 Å². The van der Waals surface area contributed by atoms with E-state index in [0.29, 0.717) is 26.0 Å². The van der Waals surface area contributed by atoms with Gasteiger partial charge >= 0.3 is 5.97 Å². The summed E-state index contributed by atoms with van der Waals surface area (Å²) in [5.74, 6) is -0.405. The molecule has 0 aliphatic carbocycles. The smallest absolute Gasteiger partial charge is 0.312 e. The second-order valence-corrected chi connectivity index (χ2v) is 3.79. The number of rotatable bonds is 4. The normalized spacial score (nSPS) is 25.9. The maximum atomic E-state index is 11.7. The summed E-state index contributed by atoms with van der Waals surface area (Å²) in [6.45, 7) is 0.986. The van der Waals surface area contributed by atoms with Gasteiger partial charge in [0.2, 0.25) is 5.91 Å². The highest BCUT2D eigenvalue weighted by atomic mass is 16.5. The van der Waals surface area contributed by atoms with Gasteiger partial charge in [-0.05, 0) is 12.8 Å². The van der Waals surface area contributed by atoms with Crippen molar-refractivity contribution in [3.63, 3.8) is 0 Å². The number of carbonyl (C=O) groups is 2. The van der Waals surface area contributed by atoms with Crippen LogP contribution in [0.15, 0.2) is 0 Å². The number of methoxy groups -OCH3 is 2. The lowest BCUT2D eigenvalue weighted by Crippen LogP contribution is -2.46. The Balaban J connectivity index is 2.74. The van der Waals surface area contributed by atoms with E-state index in [1.165, 1.54) is 7.11 Å². The summed E-state index contributed by atoms with van der Waals surface area (Å²) in [7, 11) is 2.93. The Hall–Kier alpha value is -1.10. The number of nitrogens with one attached hydrogen (secondary N) is 1. The van der Waals surface area contributed by atoms with Gasteiger partial charge in [0.15, 0.2) is 0 Å². The summed E-state index contributed by atoms with van der Waals surface area (Å²) < 4.78 is 9.72. The van der Waals surface area contributed by atoms with Crippen LogP contribution in [0.1, 0.15) is 19.3 Å². The average molecular weight is 215 g/mol. The van der Waals surface area contributed by atoms with E-state index in [0.717, 1.165) is 0 Å². The molecule has 5 nitrogen and oxygen atoms in total. The largest absolute Gasteiger partial charge is 0.469 e. The van der Waals surface area contributed by atoms with Gasteiger partial charge in [-0.15, -0.1) is 0 Å². The van der Waals surface area contributed by atoms with Gasteiger partial charge in [0, 0.05) is 26.7 Å². The van der Waals surface area contributed by atoms with E-state index in [-0.39, 0.29) is 18.3 Å². The van der Waals surface area contributed by atoms with Crippen LogP contribution in [0, 0.1) is 5.41 Å². The minimum Gasteiger partial charge on any atom is -0.469 e. The van der Waals surface area contributed by atoms with Crippen molar-refractivity contribution in [1.29, 1.82) is 0 Å². The van der Waals surface area contributed by atoms with Crippen molar-refractivity contribution >= 4 is 11.9 Å². The molecule has 5 heteroatoms. The van der Waals surface area contributed by atoms with Crippen LogP contribution >= 0.6 is 0 Å². The maximum absolute atomic E-state index is 11.7. The van der Waals surface area contributed by atoms with Crippen LogP contribution in [-0.2, 0) is 19.1 Å². The Labute approximate surface area is 89.1 Å². The standard InChI is InChI=1S/C10H17NO4/c1-14-6-4-10(9(13)15-2)3-5-11-8(12)7-10/h3-7H2,1-2H3,(H,11,12). The van der Waals surface area contributed by atoms with Crippen LogP contribution in [0.25, 0.3) is 0 Å². The van der Waals surface area contributed by atoms with Gasteiger partial charge in [-0.1, -0.05) is 0 Å². The SMILES string of the molecule is COCCC1(C(=O)OC)CCNC(=O)C1. The summed E-state index contributed by atoms with van der Waals surface area (Å²) in [6, 6.07) is 0. The highest BCUT2D eigenvalue weighted by Gasteiger charge is 2.43. The molecule has 1 unspecified atom stereocenters. The second-order valence-electron chi connectivity index (χ2n) is 3.79. The number of hydrogen-bond donors (Lipinski definition) is 1. The number of carbonyl (C=O) groups excluding carboxylic acids is 2. The predicted molar refractivity (Wildman–Crippen MR) is 53.2 cm³/mol. The van der Waals surface area contributed by atoms with Crippen molar-refractivity contribution in [2.75, 3.05) is 27.4 Å².